The Morgan fingerprint density at radius 2 is 1.89 bits per heavy atom. The predicted molar refractivity (Wildman–Crippen MR) is 72.9 cm³/mol. The SMILES string of the molecule is Nc1cccc(C(O)CSc2ccc(F)cc2)c1. The molecule has 18 heavy (non-hydrogen) atoms. The van der Waals surface area contributed by atoms with Crippen molar-refractivity contribution in [3.05, 3.63) is 59.9 Å². The van der Waals surface area contributed by atoms with Crippen molar-refractivity contribution in [3.63, 3.8) is 0 Å². The number of rotatable bonds is 4. The summed E-state index contributed by atoms with van der Waals surface area (Å²) in [5, 5.41) is 10.0. The largest absolute Gasteiger partial charge is 0.399 e. The molecule has 2 nitrogen and oxygen atoms in total. The zero-order chi connectivity index (χ0) is 13.0. The smallest absolute Gasteiger partial charge is 0.123 e. The van der Waals surface area contributed by atoms with E-state index in [1.807, 2.05) is 12.1 Å². The molecule has 1 unspecified atom stereocenters. The van der Waals surface area contributed by atoms with Gasteiger partial charge in [-0.05, 0) is 42.0 Å². The van der Waals surface area contributed by atoms with Crippen LogP contribution in [0.1, 0.15) is 11.7 Å². The second-order valence-electron chi connectivity index (χ2n) is 3.95. The van der Waals surface area contributed by atoms with Crippen LogP contribution in [0.5, 0.6) is 0 Å². The summed E-state index contributed by atoms with van der Waals surface area (Å²) in [5.41, 5.74) is 7.09. The average molecular weight is 263 g/mol. The lowest BCUT2D eigenvalue weighted by Crippen LogP contribution is -2.01. The maximum Gasteiger partial charge on any atom is 0.123 e. The van der Waals surface area contributed by atoms with E-state index in [1.165, 1.54) is 23.9 Å². The van der Waals surface area contributed by atoms with E-state index in [-0.39, 0.29) is 5.82 Å². The molecule has 0 fully saturated rings. The van der Waals surface area contributed by atoms with Gasteiger partial charge in [0.05, 0.1) is 6.10 Å². The Kier molecular flexibility index (Phi) is 4.23. The van der Waals surface area contributed by atoms with Crippen molar-refractivity contribution in [2.75, 3.05) is 11.5 Å². The molecular formula is C14H14FNOS. The highest BCUT2D eigenvalue weighted by atomic mass is 32.2. The molecule has 1 atom stereocenters. The highest BCUT2D eigenvalue weighted by Crippen LogP contribution is 2.25. The monoisotopic (exact) mass is 263 g/mol. The maximum absolute atomic E-state index is 12.7. The summed E-state index contributed by atoms with van der Waals surface area (Å²) in [5.74, 6) is 0.255. The van der Waals surface area contributed by atoms with E-state index in [1.54, 1.807) is 24.3 Å². The summed E-state index contributed by atoms with van der Waals surface area (Å²) >= 11 is 1.48. The van der Waals surface area contributed by atoms with Crippen LogP contribution in [-0.2, 0) is 0 Å². The fraction of sp³-hybridized carbons (Fsp3) is 0.143. The third kappa shape index (κ3) is 3.48. The summed E-state index contributed by atoms with van der Waals surface area (Å²) in [7, 11) is 0. The maximum atomic E-state index is 12.7. The molecule has 0 amide bonds. The van der Waals surface area contributed by atoms with Gasteiger partial charge in [0.1, 0.15) is 5.82 Å². The van der Waals surface area contributed by atoms with Gasteiger partial charge < -0.3 is 10.8 Å². The van der Waals surface area contributed by atoms with Crippen molar-refractivity contribution < 1.29 is 9.50 Å². The molecule has 0 bridgehead atoms. The van der Waals surface area contributed by atoms with Crippen LogP contribution in [0.15, 0.2) is 53.4 Å². The van der Waals surface area contributed by atoms with Crippen molar-refractivity contribution in [1.82, 2.24) is 0 Å². The van der Waals surface area contributed by atoms with Gasteiger partial charge in [0.15, 0.2) is 0 Å². The molecule has 94 valence electrons. The van der Waals surface area contributed by atoms with E-state index in [4.69, 9.17) is 5.73 Å². The van der Waals surface area contributed by atoms with Crippen LogP contribution < -0.4 is 5.73 Å². The molecule has 0 aliphatic heterocycles. The zero-order valence-corrected chi connectivity index (χ0v) is 10.5. The number of benzene rings is 2. The topological polar surface area (TPSA) is 46.2 Å². The summed E-state index contributed by atoms with van der Waals surface area (Å²) in [4.78, 5) is 0.930. The van der Waals surface area contributed by atoms with Crippen LogP contribution in [0.4, 0.5) is 10.1 Å². The van der Waals surface area contributed by atoms with E-state index in [0.717, 1.165) is 10.5 Å². The van der Waals surface area contributed by atoms with Gasteiger partial charge in [0.2, 0.25) is 0 Å². The van der Waals surface area contributed by atoms with Gasteiger partial charge in [0.25, 0.3) is 0 Å². The van der Waals surface area contributed by atoms with Gasteiger partial charge in [-0.3, -0.25) is 0 Å². The Hall–Kier alpha value is -1.52. The molecule has 4 heteroatoms. The number of aliphatic hydroxyl groups excluding tert-OH is 1. The minimum Gasteiger partial charge on any atom is -0.399 e. The summed E-state index contributed by atoms with van der Waals surface area (Å²) in [6.07, 6.45) is -0.580. The summed E-state index contributed by atoms with van der Waals surface area (Å²) in [6.45, 7) is 0. The van der Waals surface area contributed by atoms with Gasteiger partial charge >= 0.3 is 0 Å². The Balaban J connectivity index is 1.96. The van der Waals surface area contributed by atoms with Crippen LogP contribution in [-0.4, -0.2) is 10.9 Å². The molecule has 0 radical (unpaired) electrons. The standard InChI is InChI=1S/C14H14FNOS/c15-11-4-6-13(7-5-11)18-9-14(17)10-2-1-3-12(16)8-10/h1-8,14,17H,9,16H2. The molecule has 2 aromatic rings. The van der Waals surface area contributed by atoms with E-state index in [9.17, 15) is 9.50 Å². The molecule has 0 saturated heterocycles. The fourth-order valence-electron chi connectivity index (χ4n) is 1.57. The van der Waals surface area contributed by atoms with Crippen LogP contribution in [0, 0.1) is 5.82 Å². The lowest BCUT2D eigenvalue weighted by atomic mass is 10.1. The zero-order valence-electron chi connectivity index (χ0n) is 9.71. The predicted octanol–water partition coefficient (Wildman–Crippen LogP) is 3.23. The molecule has 0 aromatic heterocycles. The Morgan fingerprint density at radius 3 is 2.56 bits per heavy atom. The molecule has 0 aliphatic carbocycles. The molecule has 2 rings (SSSR count). The number of nitrogen functional groups attached to an aromatic ring is 1. The first-order chi connectivity index (χ1) is 8.65. The first-order valence-corrected chi connectivity index (χ1v) is 6.55. The van der Waals surface area contributed by atoms with E-state index in [2.05, 4.69) is 0 Å². The molecular weight excluding hydrogens is 249 g/mol. The number of nitrogens with two attached hydrogens (primary N) is 1. The Bertz CT molecular complexity index is 515. The first kappa shape index (κ1) is 12.9. The fourth-order valence-corrected chi connectivity index (χ4v) is 2.44. The second kappa shape index (κ2) is 5.89. The molecule has 0 spiro atoms. The lowest BCUT2D eigenvalue weighted by Gasteiger charge is -2.11. The quantitative estimate of drug-likeness (QED) is 0.657. The van der Waals surface area contributed by atoms with Crippen molar-refractivity contribution in [2.24, 2.45) is 0 Å². The van der Waals surface area contributed by atoms with Crippen LogP contribution in [0.3, 0.4) is 0 Å². The molecule has 3 N–H and O–H groups in total. The normalized spacial score (nSPS) is 12.3. The lowest BCUT2D eigenvalue weighted by molar-refractivity contribution is 0.204. The van der Waals surface area contributed by atoms with Gasteiger partial charge in [-0.15, -0.1) is 11.8 Å². The Labute approximate surface area is 110 Å². The van der Waals surface area contributed by atoms with Crippen LogP contribution >= 0.6 is 11.8 Å². The molecule has 0 saturated carbocycles. The van der Waals surface area contributed by atoms with Gasteiger partial charge in [-0.1, -0.05) is 12.1 Å². The number of aliphatic hydroxyl groups is 1. The minimum atomic E-state index is -0.580. The van der Waals surface area contributed by atoms with E-state index in [0.29, 0.717) is 11.4 Å². The van der Waals surface area contributed by atoms with Gasteiger partial charge in [-0.25, -0.2) is 4.39 Å². The molecule has 0 aliphatic rings. The number of thioether (sulfide) groups is 1. The van der Waals surface area contributed by atoms with Crippen molar-refractivity contribution >= 4 is 17.4 Å². The minimum absolute atomic E-state index is 0.254. The second-order valence-corrected chi connectivity index (χ2v) is 5.04. The number of hydrogen-bond donors (Lipinski definition) is 2. The van der Waals surface area contributed by atoms with Crippen molar-refractivity contribution in [1.29, 1.82) is 0 Å². The van der Waals surface area contributed by atoms with Crippen molar-refractivity contribution in [2.45, 2.75) is 11.0 Å². The number of anilines is 1. The van der Waals surface area contributed by atoms with Crippen LogP contribution in [0.25, 0.3) is 0 Å². The highest BCUT2D eigenvalue weighted by molar-refractivity contribution is 7.99. The van der Waals surface area contributed by atoms with Gasteiger partial charge in [0, 0.05) is 16.3 Å². The number of hydrogen-bond acceptors (Lipinski definition) is 3. The third-order valence-corrected chi connectivity index (χ3v) is 3.60. The average Bonchev–Trinajstić information content (AvgIpc) is 2.38. The Morgan fingerprint density at radius 1 is 1.17 bits per heavy atom. The van der Waals surface area contributed by atoms with Crippen molar-refractivity contribution in [3.8, 4) is 0 Å². The van der Waals surface area contributed by atoms with E-state index < -0.39 is 6.10 Å². The number of halogens is 1. The van der Waals surface area contributed by atoms with E-state index >= 15 is 0 Å². The highest BCUT2D eigenvalue weighted by Gasteiger charge is 2.08. The summed E-state index contributed by atoms with van der Waals surface area (Å²) in [6, 6.07) is 13.4. The first-order valence-electron chi connectivity index (χ1n) is 5.57. The molecule has 2 aromatic carbocycles. The third-order valence-electron chi connectivity index (χ3n) is 2.52. The van der Waals surface area contributed by atoms with Gasteiger partial charge in [-0.2, -0.15) is 0 Å². The summed E-state index contributed by atoms with van der Waals surface area (Å²) < 4.78 is 12.7. The molecule has 0 heterocycles. The van der Waals surface area contributed by atoms with Crippen LogP contribution in [0.2, 0.25) is 0 Å².